The fourth-order valence-corrected chi connectivity index (χ4v) is 0. The van der Waals surface area contributed by atoms with Gasteiger partial charge in [0.2, 0.25) is 0 Å². The first kappa shape index (κ1) is 7840. The van der Waals surface area contributed by atoms with Gasteiger partial charge in [0.05, 0.1) is 0 Å². The molecule has 0 amide bonds. The second-order valence-electron chi connectivity index (χ2n) is 0. The van der Waals surface area contributed by atoms with Crippen LogP contribution in [0.3, 0.4) is 0 Å². The Morgan fingerprint density at radius 1 is 0.154 bits per heavy atom. The van der Waals surface area contributed by atoms with Crippen LogP contribution < -0.4 is 0 Å². The fraction of sp³-hybridized carbons (Fsp3) is 0. The molecule has 0 bridgehead atoms. The van der Waals surface area contributed by atoms with E-state index in [2.05, 4.69) is 0 Å². The summed E-state index contributed by atoms with van der Waals surface area (Å²) in [6.45, 7) is 0. The predicted octanol–water partition coefficient (Wildman–Crippen LogP) is -10.5. The molecule has 0 radical (unpaired) electrons. The molecule has 0 fully saturated rings. The summed E-state index contributed by atoms with van der Waals surface area (Å²) in [5.41, 5.74) is 0. The molecule has 12 nitrogen and oxygen atoms in total. The first-order valence-electron chi connectivity index (χ1n) is 0. The third kappa shape index (κ3) is 5120. The SMILES string of the molecule is O.O.O.O.O.O.O.O.O.O.O.O.[NaH]. The summed E-state index contributed by atoms with van der Waals surface area (Å²) in [6.07, 6.45) is 0. The van der Waals surface area contributed by atoms with Gasteiger partial charge in [-0.2, -0.15) is 0 Å². The van der Waals surface area contributed by atoms with Crippen LogP contribution in [0.5, 0.6) is 0 Å². The summed E-state index contributed by atoms with van der Waals surface area (Å²) >= 11 is 0. The van der Waals surface area contributed by atoms with Crippen molar-refractivity contribution in [2.45, 2.75) is 0 Å². The number of hydrogen-bond acceptors (Lipinski definition) is 0. The summed E-state index contributed by atoms with van der Waals surface area (Å²) in [4.78, 5) is 0. The number of hydrogen-bond donors (Lipinski definition) is 0. The van der Waals surface area contributed by atoms with Gasteiger partial charge in [0.15, 0.2) is 0 Å². The van der Waals surface area contributed by atoms with Crippen molar-refractivity contribution in [2.24, 2.45) is 0 Å². The van der Waals surface area contributed by atoms with Crippen LogP contribution in [0, 0.1) is 0 Å². The normalized spacial score (nSPS) is 0. The molecular weight excluding hydrogens is 215 g/mol. The van der Waals surface area contributed by atoms with Gasteiger partial charge in [-0.1, -0.05) is 0 Å². The van der Waals surface area contributed by atoms with E-state index in [-0.39, 0.29) is 95.3 Å². The Labute approximate surface area is 95.6 Å². The topological polar surface area (TPSA) is 378 Å². The molecule has 0 rings (SSSR count). The van der Waals surface area contributed by atoms with E-state index in [1.165, 1.54) is 0 Å². The molecule has 0 aliphatic heterocycles. The summed E-state index contributed by atoms with van der Waals surface area (Å²) in [5, 5.41) is 0. The van der Waals surface area contributed by atoms with Crippen molar-refractivity contribution in [1.82, 2.24) is 0 Å². The molecule has 0 spiro atoms. The first-order chi connectivity index (χ1) is 0. The second-order valence-corrected chi connectivity index (χ2v) is 0. The van der Waals surface area contributed by atoms with Crippen molar-refractivity contribution in [1.29, 1.82) is 0 Å². The molecule has 0 atom stereocenters. The molecule has 0 aliphatic carbocycles. The van der Waals surface area contributed by atoms with Gasteiger partial charge in [-0.25, -0.2) is 0 Å². The molecular formula is H25NaO12. The molecule has 0 aromatic carbocycles. The van der Waals surface area contributed by atoms with Crippen LogP contribution in [0.25, 0.3) is 0 Å². The molecule has 13 heavy (non-hydrogen) atoms. The van der Waals surface area contributed by atoms with Crippen molar-refractivity contribution in [2.75, 3.05) is 0 Å². The summed E-state index contributed by atoms with van der Waals surface area (Å²) in [6, 6.07) is 0. The van der Waals surface area contributed by atoms with Crippen LogP contribution in [0.1, 0.15) is 0 Å². The third-order valence-electron chi connectivity index (χ3n) is 0. The average Bonchev–Trinajstić information content (AvgIpc) is 0. The molecule has 0 aliphatic rings. The van der Waals surface area contributed by atoms with Crippen LogP contribution in [0.4, 0.5) is 0 Å². The summed E-state index contributed by atoms with van der Waals surface area (Å²) < 4.78 is 0. The summed E-state index contributed by atoms with van der Waals surface area (Å²) in [7, 11) is 0. The molecule has 98 valence electrons. The van der Waals surface area contributed by atoms with E-state index in [9.17, 15) is 0 Å². The van der Waals surface area contributed by atoms with E-state index in [0.717, 1.165) is 0 Å². The molecule has 0 saturated carbocycles. The first-order valence-corrected chi connectivity index (χ1v) is 0. The van der Waals surface area contributed by atoms with Crippen molar-refractivity contribution in [3.05, 3.63) is 0 Å². The van der Waals surface area contributed by atoms with Crippen molar-refractivity contribution in [3.63, 3.8) is 0 Å². The maximum atomic E-state index is 0. The predicted molar refractivity (Wildman–Crippen MR) is 50.5 cm³/mol. The van der Waals surface area contributed by atoms with E-state index in [0.29, 0.717) is 0 Å². The fourth-order valence-electron chi connectivity index (χ4n) is 0. The Bertz CT molecular complexity index is 5.09. The van der Waals surface area contributed by atoms with Gasteiger partial charge in [0.25, 0.3) is 0 Å². The van der Waals surface area contributed by atoms with E-state index < -0.39 is 0 Å². The zero-order chi connectivity index (χ0) is 0. The molecule has 0 aromatic rings. The second kappa shape index (κ2) is 6140. The van der Waals surface area contributed by atoms with Gasteiger partial charge < -0.3 is 65.7 Å². The van der Waals surface area contributed by atoms with E-state index in [1.54, 1.807) is 0 Å². The number of rotatable bonds is 0. The minimum atomic E-state index is 0. The van der Waals surface area contributed by atoms with Crippen LogP contribution in [0.15, 0.2) is 0 Å². The Hall–Kier alpha value is 0.520. The van der Waals surface area contributed by atoms with Crippen LogP contribution in [-0.2, 0) is 0 Å². The molecule has 0 saturated heterocycles. The Morgan fingerprint density at radius 3 is 0.154 bits per heavy atom. The summed E-state index contributed by atoms with van der Waals surface area (Å²) in [5.74, 6) is 0. The monoisotopic (exact) mass is 240 g/mol. The van der Waals surface area contributed by atoms with Gasteiger partial charge in [0, 0.05) is 0 Å². The molecule has 0 unspecified atom stereocenters. The van der Waals surface area contributed by atoms with Gasteiger partial charge in [0.1, 0.15) is 0 Å². The molecule has 24 N–H and O–H groups in total. The molecule has 0 heterocycles. The zero-order valence-electron chi connectivity index (χ0n) is 6.00. The third-order valence-corrected chi connectivity index (χ3v) is 0. The van der Waals surface area contributed by atoms with Crippen molar-refractivity contribution < 1.29 is 65.7 Å². The standard InChI is InChI=1S/Na.12H2O.H/h;12*1H2;. The average molecular weight is 240 g/mol. The van der Waals surface area contributed by atoms with Gasteiger partial charge >= 0.3 is 29.6 Å². The Morgan fingerprint density at radius 2 is 0.154 bits per heavy atom. The quantitative estimate of drug-likeness (QED) is 0.355. The van der Waals surface area contributed by atoms with Crippen LogP contribution in [0.2, 0.25) is 0 Å². The van der Waals surface area contributed by atoms with Gasteiger partial charge in [-0.05, 0) is 0 Å². The minimum absolute atomic E-state index is 0. The van der Waals surface area contributed by atoms with E-state index in [4.69, 9.17) is 0 Å². The maximum absolute atomic E-state index is 0. The Balaban J connectivity index is 0. The zero-order valence-corrected chi connectivity index (χ0v) is 6.00. The van der Waals surface area contributed by atoms with Crippen LogP contribution in [-0.4, -0.2) is 95.3 Å². The molecule has 0 aromatic heterocycles. The van der Waals surface area contributed by atoms with Crippen LogP contribution >= 0.6 is 0 Å². The van der Waals surface area contributed by atoms with Crippen molar-refractivity contribution >= 4 is 29.6 Å². The van der Waals surface area contributed by atoms with Crippen molar-refractivity contribution in [3.8, 4) is 0 Å². The Kier molecular flexibility index (Phi) is 3700000. The van der Waals surface area contributed by atoms with E-state index >= 15 is 0 Å². The van der Waals surface area contributed by atoms with Gasteiger partial charge in [-0.15, -0.1) is 0 Å². The molecule has 13 heteroatoms. The van der Waals surface area contributed by atoms with Gasteiger partial charge in [-0.3, -0.25) is 0 Å². The van der Waals surface area contributed by atoms with E-state index in [1.807, 2.05) is 0 Å².